The third-order valence-electron chi connectivity index (χ3n) is 4.58. The molecule has 1 atom stereocenters. The van der Waals surface area contributed by atoms with Crippen LogP contribution in [0.15, 0.2) is 0 Å². The molecule has 4 heteroatoms. The first kappa shape index (κ1) is 15.8. The van der Waals surface area contributed by atoms with E-state index in [1.807, 2.05) is 0 Å². The smallest absolute Gasteiger partial charge is 0.234 e. The summed E-state index contributed by atoms with van der Waals surface area (Å²) in [5, 5.41) is 6.73. The van der Waals surface area contributed by atoms with E-state index in [2.05, 4.69) is 29.4 Å². The van der Waals surface area contributed by atoms with Gasteiger partial charge in [0.05, 0.1) is 6.54 Å². The fourth-order valence-electron chi connectivity index (χ4n) is 3.40. The van der Waals surface area contributed by atoms with Gasteiger partial charge in [-0.1, -0.05) is 33.1 Å². The first-order valence-electron chi connectivity index (χ1n) is 8.42. The lowest BCUT2D eigenvalue weighted by atomic mass is 10.0. The van der Waals surface area contributed by atoms with Crippen LogP contribution in [0.4, 0.5) is 0 Å². The molecule has 20 heavy (non-hydrogen) atoms. The molecule has 0 aromatic heterocycles. The molecule has 1 unspecified atom stereocenters. The van der Waals surface area contributed by atoms with Crippen molar-refractivity contribution in [3.05, 3.63) is 0 Å². The van der Waals surface area contributed by atoms with Gasteiger partial charge in [-0.25, -0.2) is 0 Å². The van der Waals surface area contributed by atoms with E-state index in [-0.39, 0.29) is 5.91 Å². The van der Waals surface area contributed by atoms with Crippen molar-refractivity contribution in [2.75, 3.05) is 19.6 Å². The number of nitrogens with zero attached hydrogens (tertiary/aromatic N) is 1. The number of amides is 1. The van der Waals surface area contributed by atoms with Gasteiger partial charge in [-0.2, -0.15) is 0 Å². The lowest BCUT2D eigenvalue weighted by molar-refractivity contribution is -0.123. The van der Waals surface area contributed by atoms with E-state index in [1.54, 1.807) is 0 Å². The third kappa shape index (κ3) is 5.06. The van der Waals surface area contributed by atoms with Crippen LogP contribution in [0.2, 0.25) is 0 Å². The van der Waals surface area contributed by atoms with E-state index < -0.39 is 0 Å². The summed E-state index contributed by atoms with van der Waals surface area (Å²) in [7, 11) is 0. The highest BCUT2D eigenvalue weighted by Gasteiger charge is 2.25. The minimum absolute atomic E-state index is 0.230. The summed E-state index contributed by atoms with van der Waals surface area (Å²) in [6.45, 7) is 7.03. The molecule has 0 spiro atoms. The third-order valence-corrected chi connectivity index (χ3v) is 4.58. The van der Waals surface area contributed by atoms with Crippen LogP contribution in [0.25, 0.3) is 0 Å². The van der Waals surface area contributed by atoms with Crippen molar-refractivity contribution < 1.29 is 4.79 Å². The SMILES string of the molecule is CC(C)NCC1CCCCN1CC(=O)NC1CCCC1. The molecule has 1 aliphatic heterocycles. The zero-order valence-electron chi connectivity index (χ0n) is 13.2. The van der Waals surface area contributed by atoms with Crippen molar-refractivity contribution >= 4 is 5.91 Å². The molecule has 0 bridgehead atoms. The molecule has 116 valence electrons. The standard InChI is InChI=1S/C16H31N3O/c1-13(2)17-11-15-9-5-6-10-19(15)12-16(20)18-14-7-3-4-8-14/h13-15,17H,3-12H2,1-2H3,(H,18,20). The Hall–Kier alpha value is -0.610. The van der Waals surface area contributed by atoms with Gasteiger partial charge in [0, 0.05) is 24.7 Å². The van der Waals surface area contributed by atoms with Crippen LogP contribution in [-0.4, -0.2) is 48.6 Å². The number of hydrogen-bond acceptors (Lipinski definition) is 3. The molecule has 2 fully saturated rings. The van der Waals surface area contributed by atoms with Crippen LogP contribution >= 0.6 is 0 Å². The Morgan fingerprint density at radius 3 is 2.55 bits per heavy atom. The normalized spacial score (nSPS) is 25.2. The quantitative estimate of drug-likeness (QED) is 0.781. The largest absolute Gasteiger partial charge is 0.352 e. The first-order valence-corrected chi connectivity index (χ1v) is 8.42. The molecule has 1 heterocycles. The molecule has 0 aromatic rings. The van der Waals surface area contributed by atoms with Crippen LogP contribution in [0, 0.1) is 0 Å². The molecule has 1 saturated carbocycles. The Kier molecular flexibility index (Phi) is 6.30. The Labute approximate surface area is 123 Å². The summed E-state index contributed by atoms with van der Waals surface area (Å²) in [4.78, 5) is 14.6. The second kappa shape index (κ2) is 7.99. The predicted octanol–water partition coefficient (Wildman–Crippen LogP) is 1.90. The van der Waals surface area contributed by atoms with Gasteiger partial charge in [-0.05, 0) is 32.2 Å². The van der Waals surface area contributed by atoms with Crippen molar-refractivity contribution in [2.45, 2.75) is 76.9 Å². The van der Waals surface area contributed by atoms with Gasteiger partial charge < -0.3 is 10.6 Å². The summed E-state index contributed by atoms with van der Waals surface area (Å²) in [6, 6.07) is 1.49. The topological polar surface area (TPSA) is 44.4 Å². The van der Waals surface area contributed by atoms with Gasteiger partial charge in [0.2, 0.25) is 5.91 Å². The first-order chi connectivity index (χ1) is 9.65. The Morgan fingerprint density at radius 1 is 1.15 bits per heavy atom. The molecule has 1 saturated heterocycles. The predicted molar refractivity (Wildman–Crippen MR) is 82.7 cm³/mol. The molecule has 1 amide bonds. The van der Waals surface area contributed by atoms with Gasteiger partial charge in [-0.3, -0.25) is 9.69 Å². The molecular formula is C16H31N3O. The second-order valence-electron chi connectivity index (χ2n) is 6.73. The van der Waals surface area contributed by atoms with Gasteiger partial charge in [0.25, 0.3) is 0 Å². The molecule has 2 aliphatic rings. The van der Waals surface area contributed by atoms with Crippen molar-refractivity contribution in [1.82, 2.24) is 15.5 Å². The van der Waals surface area contributed by atoms with Gasteiger partial charge >= 0.3 is 0 Å². The highest BCUT2D eigenvalue weighted by atomic mass is 16.2. The fraction of sp³-hybridized carbons (Fsp3) is 0.938. The van der Waals surface area contributed by atoms with Crippen molar-refractivity contribution in [3.63, 3.8) is 0 Å². The monoisotopic (exact) mass is 281 g/mol. The summed E-state index contributed by atoms with van der Waals surface area (Å²) in [5.74, 6) is 0.230. The van der Waals surface area contributed by atoms with Crippen LogP contribution in [0.3, 0.4) is 0 Å². The number of carbonyl (C=O) groups excluding carboxylic acids is 1. The molecule has 4 nitrogen and oxygen atoms in total. The minimum Gasteiger partial charge on any atom is -0.352 e. The number of hydrogen-bond donors (Lipinski definition) is 2. The van der Waals surface area contributed by atoms with Crippen molar-refractivity contribution in [2.24, 2.45) is 0 Å². The van der Waals surface area contributed by atoms with Crippen molar-refractivity contribution in [1.29, 1.82) is 0 Å². The number of rotatable bonds is 6. The highest BCUT2D eigenvalue weighted by molar-refractivity contribution is 5.78. The average molecular weight is 281 g/mol. The Balaban J connectivity index is 1.76. The molecule has 2 rings (SSSR count). The second-order valence-corrected chi connectivity index (χ2v) is 6.73. The number of nitrogens with one attached hydrogen (secondary N) is 2. The number of carbonyl (C=O) groups is 1. The molecule has 1 aliphatic carbocycles. The van der Waals surface area contributed by atoms with Gasteiger partial charge in [-0.15, -0.1) is 0 Å². The maximum atomic E-state index is 12.2. The number of piperidine rings is 1. The Bertz CT molecular complexity index is 300. The van der Waals surface area contributed by atoms with Gasteiger partial charge in [0.15, 0.2) is 0 Å². The lowest BCUT2D eigenvalue weighted by Crippen LogP contribution is -2.51. The summed E-state index contributed by atoms with van der Waals surface area (Å²) < 4.78 is 0. The average Bonchev–Trinajstić information content (AvgIpc) is 2.90. The molecule has 2 N–H and O–H groups in total. The maximum absolute atomic E-state index is 12.2. The fourth-order valence-corrected chi connectivity index (χ4v) is 3.40. The maximum Gasteiger partial charge on any atom is 0.234 e. The van der Waals surface area contributed by atoms with Gasteiger partial charge in [0.1, 0.15) is 0 Å². The summed E-state index contributed by atoms with van der Waals surface area (Å²) in [6.07, 6.45) is 8.63. The summed E-state index contributed by atoms with van der Waals surface area (Å²) in [5.41, 5.74) is 0. The van der Waals surface area contributed by atoms with E-state index >= 15 is 0 Å². The molecule has 0 radical (unpaired) electrons. The van der Waals surface area contributed by atoms with E-state index in [1.165, 1.54) is 44.9 Å². The zero-order valence-corrected chi connectivity index (χ0v) is 13.2. The number of likely N-dealkylation sites (tertiary alicyclic amines) is 1. The zero-order chi connectivity index (χ0) is 14.4. The van der Waals surface area contributed by atoms with Crippen LogP contribution in [0.5, 0.6) is 0 Å². The van der Waals surface area contributed by atoms with E-state index in [9.17, 15) is 4.79 Å². The lowest BCUT2D eigenvalue weighted by Gasteiger charge is -2.36. The van der Waals surface area contributed by atoms with Crippen LogP contribution < -0.4 is 10.6 Å². The molecular weight excluding hydrogens is 250 g/mol. The van der Waals surface area contributed by atoms with E-state index in [4.69, 9.17) is 0 Å². The van der Waals surface area contributed by atoms with Crippen LogP contribution in [0.1, 0.15) is 58.8 Å². The van der Waals surface area contributed by atoms with E-state index in [0.717, 1.165) is 13.1 Å². The van der Waals surface area contributed by atoms with Crippen LogP contribution in [-0.2, 0) is 4.79 Å². The van der Waals surface area contributed by atoms with E-state index in [0.29, 0.717) is 24.7 Å². The Morgan fingerprint density at radius 2 is 1.85 bits per heavy atom. The summed E-state index contributed by atoms with van der Waals surface area (Å²) >= 11 is 0. The van der Waals surface area contributed by atoms with Crippen molar-refractivity contribution in [3.8, 4) is 0 Å². The minimum atomic E-state index is 0.230. The highest BCUT2D eigenvalue weighted by Crippen LogP contribution is 2.19. The molecule has 0 aromatic carbocycles.